The second-order valence-electron chi connectivity index (χ2n) is 17.9. The average molecular weight is 898 g/mol. The highest BCUT2D eigenvalue weighted by molar-refractivity contribution is 5.76. The van der Waals surface area contributed by atoms with Gasteiger partial charge in [0, 0.05) is 6.42 Å². The summed E-state index contributed by atoms with van der Waals surface area (Å²) in [7, 11) is 0. The Bertz CT molecular complexity index is 1290. The molecule has 4 heteroatoms. The van der Waals surface area contributed by atoms with E-state index >= 15 is 0 Å². The standard InChI is InChI=1S/C61H103NO3/c1-3-5-7-9-11-13-15-17-19-21-23-25-27-28-29-30-31-32-33-35-36-38-40-42-44-46-48-50-52-54-56-60(64)59(58-63)62-61(65)57-55-53-51-49-47-45-43-41-39-37-34-26-24-22-20-18-16-14-12-10-8-6-4-2/h6,8,12,14,18,20,24,26,37-40,43,45-46,48-49,51,54,56,59-60,63-64H,3-5,7,9-11,13,15-17,19,21-23,25,27-36,41-42,44,47,50,52-53,55,57-58H2,1-2H3,(H,62,65)/b8-6-,14-12-,20-18-,26-24-,39-37-,40-38+,45-43-,48-46+,51-49-,56-54+. The SMILES string of the molecule is CC/C=C\C/C=C\C/C=C\C/C=C\C/C=C\C/C=C\C/C=C\CCCC(=O)NC(CO)C(O)/C=C/CC/C=C/CC/C=C/CCCCCCCCCCCCCCCCCCCCCC. The van der Waals surface area contributed by atoms with Crippen LogP contribution in [0.3, 0.4) is 0 Å². The van der Waals surface area contributed by atoms with Gasteiger partial charge in [-0.1, -0.05) is 257 Å². The molecule has 0 heterocycles. The number of amides is 1. The van der Waals surface area contributed by atoms with Crippen molar-refractivity contribution in [2.24, 2.45) is 0 Å². The molecule has 2 unspecified atom stereocenters. The lowest BCUT2D eigenvalue weighted by atomic mass is 10.0. The van der Waals surface area contributed by atoms with E-state index in [9.17, 15) is 15.0 Å². The fourth-order valence-corrected chi connectivity index (χ4v) is 7.55. The lowest BCUT2D eigenvalue weighted by molar-refractivity contribution is -0.122. The Morgan fingerprint density at radius 1 is 0.385 bits per heavy atom. The fraction of sp³-hybridized carbons (Fsp3) is 0.656. The quantitative estimate of drug-likeness (QED) is 0.0421. The van der Waals surface area contributed by atoms with Crippen LogP contribution in [0.4, 0.5) is 0 Å². The minimum atomic E-state index is -0.904. The number of rotatable bonds is 48. The number of allylic oxidation sites excluding steroid dienone is 19. The minimum Gasteiger partial charge on any atom is -0.394 e. The van der Waals surface area contributed by atoms with Crippen LogP contribution in [-0.4, -0.2) is 34.9 Å². The van der Waals surface area contributed by atoms with Crippen LogP contribution in [0.15, 0.2) is 122 Å². The number of carbonyl (C=O) groups excluding carboxylic acids is 1. The second-order valence-corrected chi connectivity index (χ2v) is 17.9. The van der Waals surface area contributed by atoms with E-state index in [4.69, 9.17) is 0 Å². The summed E-state index contributed by atoms with van der Waals surface area (Å²) in [6.45, 7) is 4.16. The van der Waals surface area contributed by atoms with Crippen LogP contribution in [0.5, 0.6) is 0 Å². The fourth-order valence-electron chi connectivity index (χ4n) is 7.55. The third-order valence-corrected chi connectivity index (χ3v) is 11.7. The second kappa shape index (κ2) is 55.1. The summed E-state index contributed by atoms with van der Waals surface area (Å²) in [6, 6.07) is -0.687. The summed E-state index contributed by atoms with van der Waals surface area (Å²) in [6.07, 6.45) is 85.0. The van der Waals surface area contributed by atoms with Gasteiger partial charge < -0.3 is 15.5 Å². The predicted octanol–water partition coefficient (Wildman–Crippen LogP) is 18.1. The van der Waals surface area contributed by atoms with Crippen molar-refractivity contribution in [3.8, 4) is 0 Å². The van der Waals surface area contributed by atoms with Crippen molar-refractivity contribution in [2.75, 3.05) is 6.61 Å². The smallest absolute Gasteiger partial charge is 0.220 e. The Kier molecular flexibility index (Phi) is 52.4. The van der Waals surface area contributed by atoms with E-state index in [-0.39, 0.29) is 12.5 Å². The van der Waals surface area contributed by atoms with Gasteiger partial charge in [0.2, 0.25) is 5.91 Å². The van der Waals surface area contributed by atoms with Crippen molar-refractivity contribution >= 4 is 5.91 Å². The Morgan fingerprint density at radius 2 is 0.692 bits per heavy atom. The first-order chi connectivity index (χ1) is 32.2. The number of aliphatic hydroxyl groups is 2. The van der Waals surface area contributed by atoms with E-state index in [2.05, 4.69) is 129 Å². The molecule has 3 N–H and O–H groups in total. The molecule has 0 aliphatic carbocycles. The van der Waals surface area contributed by atoms with Crippen molar-refractivity contribution in [1.82, 2.24) is 5.32 Å². The molecule has 370 valence electrons. The zero-order chi connectivity index (χ0) is 47.0. The topological polar surface area (TPSA) is 69.6 Å². The van der Waals surface area contributed by atoms with Crippen molar-refractivity contribution < 1.29 is 15.0 Å². The van der Waals surface area contributed by atoms with Crippen LogP contribution in [0.25, 0.3) is 0 Å². The minimum absolute atomic E-state index is 0.139. The van der Waals surface area contributed by atoms with Crippen LogP contribution in [0.1, 0.15) is 239 Å². The number of unbranched alkanes of at least 4 members (excludes halogenated alkanes) is 23. The molecule has 0 rings (SSSR count). The maximum absolute atomic E-state index is 12.4. The van der Waals surface area contributed by atoms with Gasteiger partial charge in [-0.15, -0.1) is 0 Å². The van der Waals surface area contributed by atoms with Gasteiger partial charge in [-0.25, -0.2) is 0 Å². The van der Waals surface area contributed by atoms with E-state index in [1.807, 2.05) is 6.08 Å². The van der Waals surface area contributed by atoms with Gasteiger partial charge in [-0.2, -0.15) is 0 Å². The third-order valence-electron chi connectivity index (χ3n) is 11.7. The first kappa shape index (κ1) is 61.8. The van der Waals surface area contributed by atoms with Crippen LogP contribution in [-0.2, 0) is 4.79 Å². The number of carbonyl (C=O) groups is 1. The normalized spacial score (nSPS) is 13.8. The van der Waals surface area contributed by atoms with Crippen LogP contribution in [0, 0.1) is 0 Å². The Labute approximate surface area is 403 Å². The molecule has 2 atom stereocenters. The molecular weight excluding hydrogens is 795 g/mol. The molecule has 0 bridgehead atoms. The molecule has 0 fully saturated rings. The molecular formula is C61H103NO3. The van der Waals surface area contributed by atoms with Crippen molar-refractivity contribution in [2.45, 2.75) is 251 Å². The zero-order valence-corrected chi connectivity index (χ0v) is 42.5. The maximum Gasteiger partial charge on any atom is 0.220 e. The highest BCUT2D eigenvalue weighted by atomic mass is 16.3. The number of aliphatic hydroxyl groups excluding tert-OH is 2. The van der Waals surface area contributed by atoms with Gasteiger partial charge in [-0.05, 0) is 96.3 Å². The first-order valence-corrected chi connectivity index (χ1v) is 27.2. The van der Waals surface area contributed by atoms with Crippen LogP contribution >= 0.6 is 0 Å². The van der Waals surface area contributed by atoms with Gasteiger partial charge in [0.15, 0.2) is 0 Å². The van der Waals surface area contributed by atoms with Gasteiger partial charge in [0.1, 0.15) is 0 Å². The van der Waals surface area contributed by atoms with E-state index in [1.54, 1.807) is 6.08 Å². The monoisotopic (exact) mass is 898 g/mol. The summed E-state index contributed by atoms with van der Waals surface area (Å²) >= 11 is 0. The molecule has 4 nitrogen and oxygen atoms in total. The Morgan fingerprint density at radius 3 is 1.08 bits per heavy atom. The maximum atomic E-state index is 12.4. The third kappa shape index (κ3) is 51.6. The molecule has 0 aromatic rings. The highest BCUT2D eigenvalue weighted by Crippen LogP contribution is 2.15. The van der Waals surface area contributed by atoms with Gasteiger partial charge in [0.25, 0.3) is 0 Å². The lowest BCUT2D eigenvalue weighted by Crippen LogP contribution is -2.45. The summed E-state index contributed by atoms with van der Waals surface area (Å²) < 4.78 is 0. The van der Waals surface area contributed by atoms with Crippen LogP contribution < -0.4 is 5.32 Å². The summed E-state index contributed by atoms with van der Waals surface area (Å²) in [5.74, 6) is -0.139. The molecule has 65 heavy (non-hydrogen) atoms. The highest BCUT2D eigenvalue weighted by Gasteiger charge is 2.17. The zero-order valence-electron chi connectivity index (χ0n) is 42.5. The largest absolute Gasteiger partial charge is 0.394 e. The van der Waals surface area contributed by atoms with E-state index in [1.165, 1.54) is 135 Å². The number of hydrogen-bond acceptors (Lipinski definition) is 3. The van der Waals surface area contributed by atoms with Gasteiger partial charge in [0.05, 0.1) is 18.8 Å². The summed E-state index contributed by atoms with van der Waals surface area (Å²) in [4.78, 5) is 12.4. The van der Waals surface area contributed by atoms with Gasteiger partial charge >= 0.3 is 0 Å². The predicted molar refractivity (Wildman–Crippen MR) is 289 cm³/mol. The van der Waals surface area contributed by atoms with Crippen molar-refractivity contribution in [1.29, 1.82) is 0 Å². The van der Waals surface area contributed by atoms with Crippen LogP contribution in [0.2, 0.25) is 0 Å². The number of nitrogens with one attached hydrogen (secondary N) is 1. The first-order valence-electron chi connectivity index (χ1n) is 27.2. The molecule has 0 aromatic heterocycles. The Balaban J connectivity index is 3.70. The van der Waals surface area contributed by atoms with Crippen molar-refractivity contribution in [3.05, 3.63) is 122 Å². The molecule has 0 radical (unpaired) electrons. The molecule has 0 spiro atoms. The Hall–Kier alpha value is -3.21. The molecule has 1 amide bonds. The summed E-state index contributed by atoms with van der Waals surface area (Å²) in [5.41, 5.74) is 0. The van der Waals surface area contributed by atoms with E-state index in [0.717, 1.165) is 83.5 Å². The average Bonchev–Trinajstić information content (AvgIpc) is 3.31. The molecule has 0 aliphatic rings. The molecule has 0 saturated carbocycles. The lowest BCUT2D eigenvalue weighted by Gasteiger charge is -2.19. The van der Waals surface area contributed by atoms with E-state index < -0.39 is 12.1 Å². The summed E-state index contributed by atoms with van der Waals surface area (Å²) in [5, 5.41) is 23.1. The van der Waals surface area contributed by atoms with E-state index in [0.29, 0.717) is 6.42 Å². The molecule has 0 aromatic carbocycles. The molecule has 0 saturated heterocycles. The van der Waals surface area contributed by atoms with Gasteiger partial charge in [-0.3, -0.25) is 4.79 Å². The van der Waals surface area contributed by atoms with Crippen molar-refractivity contribution in [3.63, 3.8) is 0 Å². The molecule has 0 aliphatic heterocycles. The number of hydrogen-bond donors (Lipinski definition) is 3.